The summed E-state index contributed by atoms with van der Waals surface area (Å²) in [6, 6.07) is 27.2. The average Bonchev–Trinajstić information content (AvgIpc) is 1.47. The topological polar surface area (TPSA) is 383 Å². The zero-order chi connectivity index (χ0) is 89.0. The molecule has 0 unspecified atom stereocenters. The molecule has 0 aromatic heterocycles. The molecule has 0 spiro atoms. The van der Waals surface area contributed by atoms with Crippen molar-refractivity contribution in [1.29, 1.82) is 0 Å². The van der Waals surface area contributed by atoms with Crippen molar-refractivity contribution < 1.29 is 88.1 Å². The van der Waals surface area contributed by atoms with E-state index in [4.69, 9.17) is 9.47 Å². The summed E-state index contributed by atoms with van der Waals surface area (Å²) in [7, 11) is 2.03. The van der Waals surface area contributed by atoms with Gasteiger partial charge in [-0.15, -0.1) is 0 Å². The minimum atomic E-state index is -1.59. The van der Waals surface area contributed by atoms with Crippen molar-refractivity contribution in [1.82, 2.24) is 31.9 Å². The summed E-state index contributed by atoms with van der Waals surface area (Å²) in [6.45, 7) is 16.1. The Hall–Kier alpha value is -7.56. The molecule has 0 saturated heterocycles. The number of hydrogen-bond donors (Lipinski definition) is 12. The SMILES string of the molecule is CCOC(=O)[C@H](CSSC[C@H](NC(=O)[C@H](CC(=O)Cc1ccccc1)NC(=O)[C@H](Cc1ccccc1)NC(=O)CC[C@@H](C)[C@H]1CC[C@H]2[C@@H]3[C@H](O)C[C@@H]4C[C@H](O)CC[C@]4(C)[C@H]3C[C@H](O)[C@]12C)C(=O)OCC)NC(=O)[C@H](CC(=O)Cc1ccccc1)NC(=O)[C@H](Cc1ccccc1)NC(=O)CC[C@@H](C)[C@H]1CC[C@H]2[C@@H]3[C@H](O)C[C@@H]4C[C@H](O)CC[C@]4(C)[C@H]3C[C@H](O)[C@]12C. The summed E-state index contributed by atoms with van der Waals surface area (Å²) >= 11 is 0. The molecule has 0 radical (unpaired) electrons. The van der Waals surface area contributed by atoms with Crippen LogP contribution in [0, 0.1) is 92.7 Å². The zero-order valence-electron chi connectivity index (χ0n) is 73.6. The first kappa shape index (κ1) is 95.5. The standard InChI is InChI=1S/C98H136N6O18S2/c1-9-121-93(119)79(103-91(117)77(51-67(107)43-59-23-15-11-16-24-59)101-89(115)75(45-61-27-19-13-20-28-61)99-85(113)37-31-57(3)69-33-35-71-87-73(53-83(111)97(69,71)7)95(5)41-39-65(105)47-63(95)49-81(87)109)55-123-124-56-80(94(120)122-10-2)104-92(118)78(52-68(108)44-60-25-17-12-18-26-60)102-90(116)76(46-62-29-21-14-22-30-62)100-86(114)38-32-58(4)70-34-36-72-88-74(54-84(112)98(70,72)8)96(6)42-40-66(106)48-64(96)50-82(88)110/h11-30,57-58,63-66,69-84,87-88,105-106,109-112H,9-10,31-56H2,1-8H3,(H,99,113)(H,100,114)(H,101,115)(H,102,116)(H,103,117)(H,104,118)/t57-,58-,63+,64+,65-,66-,69-,70-,71+,72+,73+,74+,75+,76+,77+,78+,79+,80+,81-,82-,83+,84+,87+,88+,95+,96+,97-,98-/m1/s1. The van der Waals surface area contributed by atoms with Crippen molar-refractivity contribution in [3.8, 4) is 0 Å². The number of ketones is 2. The van der Waals surface area contributed by atoms with Gasteiger partial charge in [-0.2, -0.15) is 0 Å². The molecule has 4 aromatic rings. The highest BCUT2D eigenvalue weighted by molar-refractivity contribution is 8.76. The molecule has 0 heterocycles. The molecular weight excluding hydrogens is 1610 g/mol. The maximum absolute atomic E-state index is 15.0. The lowest BCUT2D eigenvalue weighted by atomic mass is 9.43. The van der Waals surface area contributed by atoms with Gasteiger partial charge in [-0.25, -0.2) is 9.59 Å². The molecule has 6 amide bonds. The maximum Gasteiger partial charge on any atom is 0.329 e. The molecule has 0 aliphatic heterocycles. The van der Waals surface area contributed by atoms with Gasteiger partial charge >= 0.3 is 11.9 Å². The molecule has 8 aliphatic rings. The minimum absolute atomic E-state index is 0.00139. The van der Waals surface area contributed by atoms with Crippen molar-refractivity contribution in [2.24, 2.45) is 92.7 Å². The quantitative estimate of drug-likeness (QED) is 0.0112. The Kier molecular flexibility index (Phi) is 32.8. The number of Topliss-reactive ketones (excluding diaryl/α,β-unsaturated/α-hetero) is 2. The smallest absolute Gasteiger partial charge is 0.329 e. The van der Waals surface area contributed by atoms with Crippen LogP contribution in [0.3, 0.4) is 0 Å². The number of rotatable bonds is 39. The third-order valence-corrected chi connectivity index (χ3v) is 33.9. The van der Waals surface area contributed by atoms with Gasteiger partial charge in [0.25, 0.3) is 0 Å². The number of nitrogens with one attached hydrogen (secondary N) is 6. The van der Waals surface area contributed by atoms with E-state index in [0.717, 1.165) is 60.1 Å². The lowest BCUT2D eigenvalue weighted by Gasteiger charge is -2.63. The summed E-state index contributed by atoms with van der Waals surface area (Å²) in [5.41, 5.74) is 1.47. The van der Waals surface area contributed by atoms with E-state index in [1.165, 1.54) is 0 Å². The fraction of sp³-hybridized carbons (Fsp3) is 0.653. The zero-order valence-corrected chi connectivity index (χ0v) is 75.2. The van der Waals surface area contributed by atoms with Gasteiger partial charge in [0, 0.05) is 62.9 Å². The normalized spacial score (nSPS) is 32.2. The van der Waals surface area contributed by atoms with Crippen LogP contribution in [0.15, 0.2) is 121 Å². The molecule has 8 aliphatic carbocycles. The van der Waals surface area contributed by atoms with Crippen LogP contribution in [-0.4, -0.2) is 187 Å². The molecule has 28 atom stereocenters. The van der Waals surface area contributed by atoms with Gasteiger partial charge in [-0.3, -0.25) is 38.4 Å². The monoisotopic (exact) mass is 1750 g/mol. The molecule has 4 aromatic carbocycles. The Morgan fingerprint density at radius 3 is 1.08 bits per heavy atom. The number of carbonyl (C=O) groups is 10. The van der Waals surface area contributed by atoms with Gasteiger partial charge in [0.2, 0.25) is 35.4 Å². The Labute approximate surface area is 739 Å². The first-order valence-corrected chi connectivity index (χ1v) is 48.4. The summed E-state index contributed by atoms with van der Waals surface area (Å²) in [6.07, 6.45) is 6.77. The van der Waals surface area contributed by atoms with E-state index in [1.54, 1.807) is 123 Å². The Morgan fingerprint density at radius 1 is 0.403 bits per heavy atom. The number of amides is 6. The maximum atomic E-state index is 15.0. The third kappa shape index (κ3) is 22.2. The van der Waals surface area contributed by atoms with Gasteiger partial charge in [0.1, 0.15) is 47.8 Å². The number of hydrogen-bond acceptors (Lipinski definition) is 20. The fourth-order valence-corrected chi connectivity index (χ4v) is 27.1. The van der Waals surface area contributed by atoms with Gasteiger partial charge in [-0.05, 0) is 232 Å². The van der Waals surface area contributed by atoms with Crippen LogP contribution in [0.1, 0.15) is 206 Å². The van der Waals surface area contributed by atoms with E-state index in [-0.39, 0.29) is 157 Å². The van der Waals surface area contributed by atoms with Crippen LogP contribution >= 0.6 is 21.6 Å². The highest BCUT2D eigenvalue weighted by Crippen LogP contribution is 2.70. The van der Waals surface area contributed by atoms with E-state index in [2.05, 4.69) is 73.4 Å². The number of ether oxygens (including phenoxy) is 2. The number of esters is 2. The molecule has 0 bridgehead atoms. The summed E-state index contributed by atoms with van der Waals surface area (Å²) in [5.74, 6) is -6.47. The summed E-state index contributed by atoms with van der Waals surface area (Å²) in [4.78, 5) is 145. The molecule has 124 heavy (non-hydrogen) atoms. The van der Waals surface area contributed by atoms with Gasteiger partial charge in [-0.1, -0.05) is 184 Å². The molecule has 8 fully saturated rings. The van der Waals surface area contributed by atoms with E-state index in [9.17, 15) is 78.6 Å². The predicted molar refractivity (Wildman–Crippen MR) is 474 cm³/mol. The minimum Gasteiger partial charge on any atom is -0.464 e. The molecule has 8 saturated carbocycles. The lowest BCUT2D eigenvalue weighted by Crippen LogP contribution is -2.62. The van der Waals surface area contributed by atoms with Crippen LogP contribution in [-0.2, 0) is 83.1 Å². The number of carbonyl (C=O) groups excluding carboxylic acids is 10. The van der Waals surface area contributed by atoms with Crippen molar-refractivity contribution in [3.05, 3.63) is 144 Å². The van der Waals surface area contributed by atoms with Crippen molar-refractivity contribution in [2.45, 2.75) is 282 Å². The van der Waals surface area contributed by atoms with Crippen LogP contribution < -0.4 is 31.9 Å². The van der Waals surface area contributed by atoms with Crippen LogP contribution in [0.5, 0.6) is 0 Å². The first-order chi connectivity index (χ1) is 59.2. The first-order valence-electron chi connectivity index (χ1n) is 45.9. The van der Waals surface area contributed by atoms with E-state index in [0.29, 0.717) is 86.5 Å². The van der Waals surface area contributed by atoms with E-state index >= 15 is 0 Å². The van der Waals surface area contributed by atoms with Crippen LogP contribution in [0.25, 0.3) is 0 Å². The van der Waals surface area contributed by atoms with Gasteiger partial charge in [0.15, 0.2) is 0 Å². The number of benzene rings is 4. The number of aliphatic hydroxyl groups is 6. The highest BCUT2D eigenvalue weighted by atomic mass is 33.1. The average molecular weight is 1750 g/mol. The molecule has 12 N–H and O–H groups in total. The van der Waals surface area contributed by atoms with Crippen molar-refractivity contribution in [3.63, 3.8) is 0 Å². The second kappa shape index (κ2) is 42.6. The molecule has 678 valence electrons. The summed E-state index contributed by atoms with van der Waals surface area (Å²) < 4.78 is 11.0. The molecular formula is C98H136N6O18S2. The second-order valence-corrected chi connectivity index (χ2v) is 41.4. The van der Waals surface area contributed by atoms with Crippen LogP contribution in [0.4, 0.5) is 0 Å². The molecule has 24 nitrogen and oxygen atoms in total. The number of fused-ring (bicyclic) bond motifs is 10. The van der Waals surface area contributed by atoms with E-state index in [1.807, 2.05) is 12.1 Å². The molecule has 12 rings (SSSR count). The van der Waals surface area contributed by atoms with Crippen molar-refractivity contribution in [2.75, 3.05) is 24.7 Å². The Bertz CT molecular complexity index is 4040. The molecule has 26 heteroatoms. The van der Waals surface area contributed by atoms with Crippen LogP contribution in [0.2, 0.25) is 0 Å². The Balaban J connectivity index is 0.701. The predicted octanol–water partition coefficient (Wildman–Crippen LogP) is 10.0. The van der Waals surface area contributed by atoms with Gasteiger partial charge < -0.3 is 72.0 Å². The fourth-order valence-electron chi connectivity index (χ4n) is 24.8. The Morgan fingerprint density at radius 2 is 0.734 bits per heavy atom. The highest BCUT2D eigenvalue weighted by Gasteiger charge is 2.68. The van der Waals surface area contributed by atoms with E-state index < -0.39 is 143 Å². The largest absolute Gasteiger partial charge is 0.464 e. The summed E-state index contributed by atoms with van der Waals surface area (Å²) in [5, 5.41) is 86.8. The second-order valence-electron chi connectivity index (χ2n) is 38.8. The van der Waals surface area contributed by atoms with Gasteiger partial charge in [0.05, 0.1) is 49.8 Å². The number of aliphatic hydroxyl groups excluding tert-OH is 6. The third-order valence-electron chi connectivity index (χ3n) is 31.5. The van der Waals surface area contributed by atoms with Crippen molar-refractivity contribution >= 4 is 80.5 Å². The lowest BCUT2D eigenvalue weighted by molar-refractivity contribution is -0.207.